The number of amides is 1. The smallest absolute Gasteiger partial charge is 0.226 e. The van der Waals surface area contributed by atoms with Crippen molar-refractivity contribution in [2.24, 2.45) is 11.8 Å². The van der Waals surface area contributed by atoms with Gasteiger partial charge in [0.25, 0.3) is 0 Å². The molecule has 0 spiro atoms. The number of aromatic nitrogens is 1. The standard InChI is InChI=1S/C15H23N3O/c1-10-3-5-14(7-11(10)2)18-15(19)8-13-6-4-12(16)9-17-13/h4,6,9-11,14H,3,5,7-8,16H2,1-2H3,(H,18,19). The number of carbonyl (C=O) groups is 1. The van der Waals surface area contributed by atoms with E-state index in [-0.39, 0.29) is 5.91 Å². The molecule has 1 fully saturated rings. The molecule has 1 aliphatic carbocycles. The van der Waals surface area contributed by atoms with Crippen LogP contribution in [0.3, 0.4) is 0 Å². The van der Waals surface area contributed by atoms with Gasteiger partial charge in [-0.15, -0.1) is 0 Å². The quantitative estimate of drug-likeness (QED) is 0.876. The number of hydrogen-bond acceptors (Lipinski definition) is 3. The van der Waals surface area contributed by atoms with Crippen molar-refractivity contribution >= 4 is 11.6 Å². The summed E-state index contributed by atoms with van der Waals surface area (Å²) in [5, 5.41) is 3.12. The van der Waals surface area contributed by atoms with Crippen LogP contribution in [0.1, 0.15) is 38.8 Å². The molecule has 1 aromatic heterocycles. The largest absolute Gasteiger partial charge is 0.397 e. The number of anilines is 1. The molecule has 2 rings (SSSR count). The molecule has 1 amide bonds. The number of nitrogen functional groups attached to an aromatic ring is 1. The lowest BCUT2D eigenvalue weighted by molar-refractivity contribution is -0.121. The second-order valence-electron chi connectivity index (χ2n) is 5.79. The first kappa shape index (κ1) is 13.8. The van der Waals surface area contributed by atoms with E-state index in [0.29, 0.717) is 24.1 Å². The third kappa shape index (κ3) is 3.94. The fourth-order valence-corrected chi connectivity index (χ4v) is 2.66. The highest BCUT2D eigenvalue weighted by Gasteiger charge is 2.25. The van der Waals surface area contributed by atoms with Crippen molar-refractivity contribution < 1.29 is 4.79 Å². The van der Waals surface area contributed by atoms with E-state index in [1.54, 1.807) is 18.3 Å². The summed E-state index contributed by atoms with van der Waals surface area (Å²) >= 11 is 0. The van der Waals surface area contributed by atoms with Gasteiger partial charge in [-0.05, 0) is 43.2 Å². The summed E-state index contributed by atoms with van der Waals surface area (Å²) in [6, 6.07) is 3.91. The van der Waals surface area contributed by atoms with E-state index in [9.17, 15) is 4.79 Å². The van der Waals surface area contributed by atoms with Gasteiger partial charge in [-0.25, -0.2) is 0 Å². The molecular weight excluding hydrogens is 238 g/mol. The SMILES string of the molecule is CC1CCC(NC(=O)Cc2ccc(N)cn2)CC1C. The van der Waals surface area contributed by atoms with Crippen molar-refractivity contribution in [1.82, 2.24) is 10.3 Å². The molecule has 1 saturated carbocycles. The molecular formula is C15H23N3O. The van der Waals surface area contributed by atoms with Gasteiger partial charge >= 0.3 is 0 Å². The highest BCUT2D eigenvalue weighted by molar-refractivity contribution is 5.78. The summed E-state index contributed by atoms with van der Waals surface area (Å²) < 4.78 is 0. The molecule has 104 valence electrons. The molecule has 1 aliphatic rings. The summed E-state index contributed by atoms with van der Waals surface area (Å²) in [5.74, 6) is 1.52. The molecule has 0 radical (unpaired) electrons. The van der Waals surface area contributed by atoms with Crippen LogP contribution in [0.5, 0.6) is 0 Å². The van der Waals surface area contributed by atoms with Crippen molar-refractivity contribution in [3.63, 3.8) is 0 Å². The number of pyridine rings is 1. The number of nitrogens with one attached hydrogen (secondary N) is 1. The Morgan fingerprint density at radius 1 is 1.37 bits per heavy atom. The summed E-state index contributed by atoms with van der Waals surface area (Å²) in [6.45, 7) is 4.56. The van der Waals surface area contributed by atoms with Crippen LogP contribution in [0.25, 0.3) is 0 Å². The lowest BCUT2D eigenvalue weighted by Gasteiger charge is -2.32. The fraction of sp³-hybridized carbons (Fsp3) is 0.600. The lowest BCUT2D eigenvalue weighted by Crippen LogP contribution is -2.40. The zero-order chi connectivity index (χ0) is 13.8. The zero-order valence-corrected chi connectivity index (χ0v) is 11.7. The second kappa shape index (κ2) is 6.04. The van der Waals surface area contributed by atoms with Crippen LogP contribution in [0.15, 0.2) is 18.3 Å². The molecule has 0 bridgehead atoms. The Morgan fingerprint density at radius 3 is 2.79 bits per heavy atom. The number of rotatable bonds is 3. The third-order valence-corrected chi connectivity index (χ3v) is 4.15. The Kier molecular flexibility index (Phi) is 4.40. The fourth-order valence-electron chi connectivity index (χ4n) is 2.66. The van der Waals surface area contributed by atoms with Crippen molar-refractivity contribution in [2.45, 2.75) is 45.6 Å². The van der Waals surface area contributed by atoms with Gasteiger partial charge in [0, 0.05) is 11.7 Å². The molecule has 4 nitrogen and oxygen atoms in total. The van der Waals surface area contributed by atoms with E-state index in [1.165, 1.54) is 6.42 Å². The average Bonchev–Trinajstić information content (AvgIpc) is 2.37. The van der Waals surface area contributed by atoms with E-state index in [1.807, 2.05) is 0 Å². The minimum atomic E-state index is 0.0593. The summed E-state index contributed by atoms with van der Waals surface area (Å²) in [7, 11) is 0. The molecule has 0 saturated heterocycles. The van der Waals surface area contributed by atoms with Gasteiger partial charge in [-0.1, -0.05) is 13.8 Å². The molecule has 0 aromatic carbocycles. The highest BCUT2D eigenvalue weighted by Crippen LogP contribution is 2.29. The molecule has 3 unspecified atom stereocenters. The minimum Gasteiger partial charge on any atom is -0.397 e. The molecule has 4 heteroatoms. The molecule has 1 heterocycles. The molecule has 3 N–H and O–H groups in total. The van der Waals surface area contributed by atoms with Crippen molar-refractivity contribution in [1.29, 1.82) is 0 Å². The third-order valence-electron chi connectivity index (χ3n) is 4.15. The first-order chi connectivity index (χ1) is 9.04. The van der Waals surface area contributed by atoms with Crippen LogP contribution < -0.4 is 11.1 Å². The summed E-state index contributed by atoms with van der Waals surface area (Å²) in [6.07, 6.45) is 5.30. The van der Waals surface area contributed by atoms with Gasteiger partial charge < -0.3 is 11.1 Å². The van der Waals surface area contributed by atoms with Crippen LogP contribution in [0.2, 0.25) is 0 Å². The first-order valence-corrected chi connectivity index (χ1v) is 7.04. The predicted molar refractivity (Wildman–Crippen MR) is 76.5 cm³/mol. The van der Waals surface area contributed by atoms with Crippen molar-refractivity contribution in [3.05, 3.63) is 24.0 Å². The molecule has 1 aromatic rings. The Morgan fingerprint density at radius 2 is 2.16 bits per heavy atom. The Balaban J connectivity index is 1.83. The molecule has 0 aliphatic heterocycles. The van der Waals surface area contributed by atoms with Gasteiger partial charge in [0.2, 0.25) is 5.91 Å². The maximum Gasteiger partial charge on any atom is 0.226 e. The normalized spacial score (nSPS) is 26.9. The van der Waals surface area contributed by atoms with Gasteiger partial charge in [-0.3, -0.25) is 9.78 Å². The summed E-state index contributed by atoms with van der Waals surface area (Å²) in [5.41, 5.74) is 6.96. The van der Waals surface area contributed by atoms with Crippen LogP contribution in [-0.2, 0) is 11.2 Å². The van der Waals surface area contributed by atoms with Crippen LogP contribution >= 0.6 is 0 Å². The Bertz CT molecular complexity index is 430. The van der Waals surface area contributed by atoms with E-state index >= 15 is 0 Å². The minimum absolute atomic E-state index is 0.0593. The second-order valence-corrected chi connectivity index (χ2v) is 5.79. The van der Waals surface area contributed by atoms with Crippen LogP contribution in [0, 0.1) is 11.8 Å². The predicted octanol–water partition coefficient (Wildman–Crippen LogP) is 2.15. The van der Waals surface area contributed by atoms with Gasteiger partial charge in [0.1, 0.15) is 0 Å². The van der Waals surface area contributed by atoms with Crippen LogP contribution in [-0.4, -0.2) is 16.9 Å². The van der Waals surface area contributed by atoms with E-state index in [4.69, 9.17) is 5.73 Å². The van der Waals surface area contributed by atoms with Gasteiger partial charge in [-0.2, -0.15) is 0 Å². The zero-order valence-electron chi connectivity index (χ0n) is 11.7. The van der Waals surface area contributed by atoms with Crippen molar-refractivity contribution in [2.75, 3.05) is 5.73 Å². The number of nitrogens with two attached hydrogens (primary N) is 1. The molecule has 3 atom stereocenters. The number of hydrogen-bond donors (Lipinski definition) is 2. The van der Waals surface area contributed by atoms with E-state index in [0.717, 1.165) is 24.5 Å². The molecule has 19 heavy (non-hydrogen) atoms. The highest BCUT2D eigenvalue weighted by atomic mass is 16.1. The van der Waals surface area contributed by atoms with Gasteiger partial charge in [0.05, 0.1) is 18.3 Å². The summed E-state index contributed by atoms with van der Waals surface area (Å²) in [4.78, 5) is 16.1. The van der Waals surface area contributed by atoms with E-state index in [2.05, 4.69) is 24.1 Å². The van der Waals surface area contributed by atoms with Crippen LogP contribution in [0.4, 0.5) is 5.69 Å². The Labute approximate surface area is 114 Å². The van der Waals surface area contributed by atoms with Crippen molar-refractivity contribution in [3.8, 4) is 0 Å². The maximum absolute atomic E-state index is 12.0. The average molecular weight is 261 g/mol. The monoisotopic (exact) mass is 261 g/mol. The van der Waals surface area contributed by atoms with Gasteiger partial charge in [0.15, 0.2) is 0 Å². The Hall–Kier alpha value is -1.58. The first-order valence-electron chi connectivity index (χ1n) is 7.04. The van der Waals surface area contributed by atoms with E-state index < -0.39 is 0 Å². The number of carbonyl (C=O) groups excluding carboxylic acids is 1. The number of nitrogens with zero attached hydrogens (tertiary/aromatic N) is 1. The maximum atomic E-state index is 12.0. The topological polar surface area (TPSA) is 68.0 Å². The lowest BCUT2D eigenvalue weighted by atomic mass is 9.79.